The Bertz CT molecular complexity index is 477. The molecule has 3 heteroatoms. The lowest BCUT2D eigenvalue weighted by molar-refractivity contribution is 0.281. The van der Waals surface area contributed by atoms with Crippen molar-refractivity contribution in [3.8, 4) is 5.75 Å². The summed E-state index contributed by atoms with van der Waals surface area (Å²) >= 11 is 0. The van der Waals surface area contributed by atoms with E-state index >= 15 is 0 Å². The van der Waals surface area contributed by atoms with E-state index in [1.807, 2.05) is 48.5 Å². The third kappa shape index (κ3) is 3.50. The van der Waals surface area contributed by atoms with Crippen LogP contribution in [0.4, 0.5) is 5.69 Å². The van der Waals surface area contributed by atoms with E-state index in [0.29, 0.717) is 6.61 Å². The number of aliphatic hydroxyl groups is 1. The summed E-state index contributed by atoms with van der Waals surface area (Å²) in [6, 6.07) is 15.3. The van der Waals surface area contributed by atoms with Gasteiger partial charge in [-0.2, -0.15) is 0 Å². The van der Waals surface area contributed by atoms with Crippen LogP contribution in [0.25, 0.3) is 0 Å². The van der Waals surface area contributed by atoms with Gasteiger partial charge < -0.3 is 15.6 Å². The SMILES string of the molecule is Nc1ccc(CCOc2ccc(CO)cc2)cc1. The van der Waals surface area contributed by atoms with Crippen LogP contribution in [0.5, 0.6) is 5.75 Å². The molecule has 2 aromatic rings. The highest BCUT2D eigenvalue weighted by molar-refractivity contribution is 5.39. The summed E-state index contributed by atoms with van der Waals surface area (Å²) in [6.45, 7) is 0.689. The minimum absolute atomic E-state index is 0.0612. The van der Waals surface area contributed by atoms with Crippen LogP contribution in [0.2, 0.25) is 0 Å². The van der Waals surface area contributed by atoms with Gasteiger partial charge in [0.1, 0.15) is 5.75 Å². The summed E-state index contributed by atoms with van der Waals surface area (Å²) < 4.78 is 5.63. The average Bonchev–Trinajstić information content (AvgIpc) is 2.42. The molecule has 0 saturated carbocycles. The molecule has 18 heavy (non-hydrogen) atoms. The van der Waals surface area contributed by atoms with Gasteiger partial charge in [0.25, 0.3) is 0 Å². The topological polar surface area (TPSA) is 55.5 Å². The summed E-state index contributed by atoms with van der Waals surface area (Å²) in [4.78, 5) is 0. The lowest BCUT2D eigenvalue weighted by Gasteiger charge is -2.07. The Kier molecular flexibility index (Phi) is 4.20. The normalized spacial score (nSPS) is 10.3. The van der Waals surface area contributed by atoms with Crippen molar-refractivity contribution in [3.63, 3.8) is 0 Å². The fraction of sp³-hybridized carbons (Fsp3) is 0.200. The first-order valence-electron chi connectivity index (χ1n) is 5.95. The molecule has 0 saturated heterocycles. The number of rotatable bonds is 5. The fourth-order valence-electron chi connectivity index (χ4n) is 1.66. The molecule has 0 radical (unpaired) electrons. The van der Waals surface area contributed by atoms with Crippen LogP contribution < -0.4 is 10.5 Å². The van der Waals surface area contributed by atoms with Crippen LogP contribution in [-0.4, -0.2) is 11.7 Å². The third-order valence-electron chi connectivity index (χ3n) is 2.75. The fourth-order valence-corrected chi connectivity index (χ4v) is 1.66. The summed E-state index contributed by atoms with van der Waals surface area (Å²) in [7, 11) is 0. The van der Waals surface area contributed by atoms with Gasteiger partial charge in [0.15, 0.2) is 0 Å². The van der Waals surface area contributed by atoms with E-state index in [9.17, 15) is 0 Å². The Morgan fingerprint density at radius 2 is 1.50 bits per heavy atom. The van der Waals surface area contributed by atoms with E-state index < -0.39 is 0 Å². The number of anilines is 1. The Hall–Kier alpha value is -2.00. The van der Waals surface area contributed by atoms with Gasteiger partial charge in [-0.05, 0) is 35.4 Å². The molecule has 2 rings (SSSR count). The molecule has 0 atom stereocenters. The lowest BCUT2D eigenvalue weighted by atomic mass is 10.1. The molecule has 3 nitrogen and oxygen atoms in total. The molecule has 0 aliphatic heterocycles. The number of benzene rings is 2. The van der Waals surface area contributed by atoms with Crippen molar-refractivity contribution in [2.45, 2.75) is 13.0 Å². The number of aliphatic hydroxyl groups excluding tert-OH is 1. The number of nitrogen functional groups attached to an aromatic ring is 1. The van der Waals surface area contributed by atoms with Gasteiger partial charge in [-0.15, -0.1) is 0 Å². The highest BCUT2D eigenvalue weighted by Crippen LogP contribution is 2.13. The summed E-state index contributed by atoms with van der Waals surface area (Å²) in [5.74, 6) is 0.822. The minimum Gasteiger partial charge on any atom is -0.493 e. The van der Waals surface area contributed by atoms with Crippen LogP contribution in [0.3, 0.4) is 0 Å². The number of hydrogen-bond acceptors (Lipinski definition) is 3. The van der Waals surface area contributed by atoms with E-state index in [-0.39, 0.29) is 6.61 Å². The molecular formula is C15H17NO2. The van der Waals surface area contributed by atoms with Gasteiger partial charge in [-0.25, -0.2) is 0 Å². The van der Waals surface area contributed by atoms with Crippen LogP contribution in [0.15, 0.2) is 48.5 Å². The Labute approximate surface area is 107 Å². The van der Waals surface area contributed by atoms with E-state index in [4.69, 9.17) is 15.6 Å². The van der Waals surface area contributed by atoms with Crippen LogP contribution in [-0.2, 0) is 13.0 Å². The average molecular weight is 243 g/mol. The van der Waals surface area contributed by atoms with Crippen molar-refractivity contribution < 1.29 is 9.84 Å². The number of hydrogen-bond donors (Lipinski definition) is 2. The zero-order valence-electron chi connectivity index (χ0n) is 10.2. The summed E-state index contributed by atoms with van der Waals surface area (Å²) in [5, 5.41) is 8.92. The number of ether oxygens (including phenoxy) is 1. The highest BCUT2D eigenvalue weighted by Gasteiger charge is 1.96. The molecule has 0 fully saturated rings. The van der Waals surface area contributed by atoms with Crippen molar-refractivity contribution in [1.29, 1.82) is 0 Å². The summed E-state index contributed by atoms with van der Waals surface area (Å²) in [5.41, 5.74) is 8.49. The largest absolute Gasteiger partial charge is 0.493 e. The predicted molar refractivity (Wildman–Crippen MR) is 72.4 cm³/mol. The van der Waals surface area contributed by atoms with Crippen molar-refractivity contribution in [3.05, 3.63) is 59.7 Å². The van der Waals surface area contributed by atoms with Gasteiger partial charge >= 0.3 is 0 Å². The molecule has 0 aliphatic carbocycles. The predicted octanol–water partition coefficient (Wildman–Crippen LogP) is 2.38. The minimum atomic E-state index is 0.0612. The van der Waals surface area contributed by atoms with Crippen molar-refractivity contribution in [2.24, 2.45) is 0 Å². The van der Waals surface area contributed by atoms with E-state index in [1.54, 1.807) is 0 Å². The number of nitrogens with two attached hydrogens (primary N) is 1. The Morgan fingerprint density at radius 1 is 0.889 bits per heavy atom. The molecule has 0 bridgehead atoms. The van der Waals surface area contributed by atoms with Crippen molar-refractivity contribution in [2.75, 3.05) is 12.3 Å². The molecule has 0 unspecified atom stereocenters. The van der Waals surface area contributed by atoms with E-state index in [0.717, 1.165) is 23.4 Å². The van der Waals surface area contributed by atoms with Gasteiger partial charge in [0, 0.05) is 12.1 Å². The maximum Gasteiger partial charge on any atom is 0.119 e. The molecule has 94 valence electrons. The highest BCUT2D eigenvalue weighted by atomic mass is 16.5. The maximum atomic E-state index is 8.92. The van der Waals surface area contributed by atoms with Gasteiger partial charge in [-0.1, -0.05) is 24.3 Å². The molecule has 0 amide bonds. The molecule has 0 spiro atoms. The third-order valence-corrected chi connectivity index (χ3v) is 2.75. The lowest BCUT2D eigenvalue weighted by Crippen LogP contribution is -2.01. The van der Waals surface area contributed by atoms with Gasteiger partial charge in [-0.3, -0.25) is 0 Å². The smallest absolute Gasteiger partial charge is 0.119 e. The molecule has 3 N–H and O–H groups in total. The molecule has 0 aliphatic rings. The van der Waals surface area contributed by atoms with Gasteiger partial charge in [0.05, 0.1) is 13.2 Å². The van der Waals surface area contributed by atoms with E-state index in [1.165, 1.54) is 5.56 Å². The Balaban J connectivity index is 1.82. The second kappa shape index (κ2) is 6.07. The molecular weight excluding hydrogens is 226 g/mol. The van der Waals surface area contributed by atoms with Crippen molar-refractivity contribution >= 4 is 5.69 Å². The maximum absolute atomic E-state index is 8.92. The zero-order valence-corrected chi connectivity index (χ0v) is 10.2. The van der Waals surface area contributed by atoms with Gasteiger partial charge in [0.2, 0.25) is 0 Å². The molecule has 0 aromatic heterocycles. The van der Waals surface area contributed by atoms with Crippen LogP contribution in [0.1, 0.15) is 11.1 Å². The quantitative estimate of drug-likeness (QED) is 0.793. The van der Waals surface area contributed by atoms with Crippen LogP contribution >= 0.6 is 0 Å². The second-order valence-electron chi connectivity index (χ2n) is 4.14. The zero-order chi connectivity index (χ0) is 12.8. The van der Waals surface area contributed by atoms with Crippen molar-refractivity contribution in [1.82, 2.24) is 0 Å². The summed E-state index contributed by atoms with van der Waals surface area (Å²) in [6.07, 6.45) is 0.849. The van der Waals surface area contributed by atoms with E-state index in [2.05, 4.69) is 0 Å². The molecule has 0 heterocycles. The first kappa shape index (κ1) is 12.5. The standard InChI is InChI=1S/C15H17NO2/c16-14-5-1-12(2-6-14)9-10-18-15-7-3-13(11-17)4-8-15/h1-8,17H,9-11,16H2. The first-order valence-corrected chi connectivity index (χ1v) is 5.95. The Morgan fingerprint density at radius 3 is 2.11 bits per heavy atom. The second-order valence-corrected chi connectivity index (χ2v) is 4.14. The first-order chi connectivity index (χ1) is 8.78. The van der Waals surface area contributed by atoms with Crippen LogP contribution in [0, 0.1) is 0 Å². The monoisotopic (exact) mass is 243 g/mol. The molecule has 2 aromatic carbocycles.